The number of nitrogens with zero attached hydrogens (tertiary/aromatic N) is 3. The molecule has 2 aromatic carbocycles. The van der Waals surface area contributed by atoms with Crippen molar-refractivity contribution in [2.75, 3.05) is 20.8 Å². The molecule has 0 saturated heterocycles. The lowest BCUT2D eigenvalue weighted by Gasteiger charge is -2.29. The van der Waals surface area contributed by atoms with Gasteiger partial charge < -0.3 is 19.5 Å². The van der Waals surface area contributed by atoms with Crippen LogP contribution in [0.3, 0.4) is 0 Å². The molecule has 1 aliphatic rings. The van der Waals surface area contributed by atoms with Crippen molar-refractivity contribution in [1.82, 2.24) is 14.7 Å². The Bertz CT molecular complexity index is 1250. The first-order valence-corrected chi connectivity index (χ1v) is 9.67. The van der Waals surface area contributed by atoms with Gasteiger partial charge in [0.15, 0.2) is 17.2 Å². The Kier molecular flexibility index (Phi) is 5.33. The van der Waals surface area contributed by atoms with Crippen molar-refractivity contribution in [3.8, 4) is 11.5 Å². The summed E-state index contributed by atoms with van der Waals surface area (Å²) in [4.78, 5) is 39.0. The molecule has 9 nitrogen and oxygen atoms in total. The lowest BCUT2D eigenvalue weighted by molar-refractivity contribution is -0.133. The molecule has 0 unspecified atom stereocenters. The van der Waals surface area contributed by atoms with Crippen LogP contribution in [0.5, 0.6) is 11.5 Å². The minimum absolute atomic E-state index is 0.212. The number of carboxylic acid groups (broad SMARTS) is 1. The van der Waals surface area contributed by atoms with Gasteiger partial charge in [0.1, 0.15) is 6.54 Å². The van der Waals surface area contributed by atoms with Crippen molar-refractivity contribution >= 4 is 22.6 Å². The monoisotopic (exact) mass is 423 g/mol. The number of aromatic carboxylic acids is 1. The van der Waals surface area contributed by atoms with Crippen molar-refractivity contribution in [3.05, 3.63) is 63.6 Å². The molecule has 0 radical (unpaired) electrons. The average molecular weight is 423 g/mol. The number of carbonyl (C=O) groups is 2. The fourth-order valence-electron chi connectivity index (χ4n) is 3.82. The number of rotatable bonds is 5. The highest BCUT2D eigenvalue weighted by Crippen LogP contribution is 2.33. The molecule has 9 heteroatoms. The van der Waals surface area contributed by atoms with Crippen LogP contribution in [0.25, 0.3) is 10.8 Å². The number of methoxy groups -OCH3 is 2. The number of ether oxygens (including phenoxy) is 2. The zero-order chi connectivity index (χ0) is 22.1. The van der Waals surface area contributed by atoms with Gasteiger partial charge in [-0.05, 0) is 35.7 Å². The van der Waals surface area contributed by atoms with Crippen LogP contribution in [0.1, 0.15) is 21.6 Å². The summed E-state index contributed by atoms with van der Waals surface area (Å²) in [6, 6.07) is 10.1. The van der Waals surface area contributed by atoms with E-state index in [0.717, 1.165) is 15.8 Å². The smallest absolute Gasteiger partial charge is 0.357 e. The molecule has 1 aliphatic heterocycles. The number of carbonyl (C=O) groups excluding carboxylic acids is 1. The molecule has 31 heavy (non-hydrogen) atoms. The van der Waals surface area contributed by atoms with E-state index in [2.05, 4.69) is 5.10 Å². The van der Waals surface area contributed by atoms with Gasteiger partial charge in [0.2, 0.25) is 5.91 Å². The first-order valence-electron chi connectivity index (χ1n) is 9.67. The molecule has 0 fully saturated rings. The van der Waals surface area contributed by atoms with Gasteiger partial charge in [-0.3, -0.25) is 9.59 Å². The van der Waals surface area contributed by atoms with Crippen LogP contribution < -0.4 is 15.0 Å². The Hall–Kier alpha value is -3.88. The molecule has 0 saturated carbocycles. The summed E-state index contributed by atoms with van der Waals surface area (Å²) >= 11 is 0. The molecular formula is C22H21N3O6. The third-order valence-electron chi connectivity index (χ3n) is 5.43. The van der Waals surface area contributed by atoms with E-state index >= 15 is 0 Å². The highest BCUT2D eigenvalue weighted by molar-refractivity contribution is 6.01. The van der Waals surface area contributed by atoms with E-state index in [1.54, 1.807) is 31.3 Å². The average Bonchev–Trinajstić information content (AvgIpc) is 2.79. The van der Waals surface area contributed by atoms with E-state index in [0.29, 0.717) is 31.0 Å². The fraction of sp³-hybridized carbons (Fsp3) is 0.273. The third kappa shape index (κ3) is 3.70. The number of hydrogen-bond acceptors (Lipinski definition) is 6. The highest BCUT2D eigenvalue weighted by atomic mass is 16.5. The first-order chi connectivity index (χ1) is 14.9. The molecule has 0 aliphatic carbocycles. The largest absolute Gasteiger partial charge is 0.493 e. The normalized spacial score (nSPS) is 13.0. The van der Waals surface area contributed by atoms with Crippen molar-refractivity contribution < 1.29 is 24.2 Å². The molecule has 2 heterocycles. The highest BCUT2D eigenvalue weighted by Gasteiger charge is 2.24. The van der Waals surface area contributed by atoms with Crippen LogP contribution in [0.2, 0.25) is 0 Å². The summed E-state index contributed by atoms with van der Waals surface area (Å²) in [5, 5.41) is 13.9. The number of carboxylic acids is 1. The Morgan fingerprint density at radius 1 is 1.06 bits per heavy atom. The Morgan fingerprint density at radius 3 is 2.35 bits per heavy atom. The van der Waals surface area contributed by atoms with Crippen molar-refractivity contribution in [1.29, 1.82) is 0 Å². The summed E-state index contributed by atoms with van der Waals surface area (Å²) in [7, 11) is 3.12. The molecule has 1 N–H and O–H groups in total. The fourth-order valence-corrected chi connectivity index (χ4v) is 3.82. The maximum absolute atomic E-state index is 12.9. The molecule has 4 rings (SSSR count). The van der Waals surface area contributed by atoms with Gasteiger partial charge in [-0.2, -0.15) is 5.10 Å². The number of amides is 1. The summed E-state index contributed by atoms with van der Waals surface area (Å²) in [5.74, 6) is -0.366. The minimum Gasteiger partial charge on any atom is -0.493 e. The van der Waals surface area contributed by atoms with Crippen LogP contribution in [0, 0.1) is 0 Å². The number of benzene rings is 2. The third-order valence-corrected chi connectivity index (χ3v) is 5.43. The predicted molar refractivity (Wildman–Crippen MR) is 112 cm³/mol. The summed E-state index contributed by atoms with van der Waals surface area (Å²) in [5.41, 5.74) is 1.24. The Balaban J connectivity index is 1.62. The van der Waals surface area contributed by atoms with Crippen LogP contribution in [0.4, 0.5) is 0 Å². The van der Waals surface area contributed by atoms with Gasteiger partial charge in [0, 0.05) is 18.5 Å². The summed E-state index contributed by atoms with van der Waals surface area (Å²) in [6.45, 7) is 0.477. The zero-order valence-electron chi connectivity index (χ0n) is 17.1. The van der Waals surface area contributed by atoms with E-state index in [-0.39, 0.29) is 28.9 Å². The Labute approximate surface area is 177 Å². The maximum Gasteiger partial charge on any atom is 0.357 e. The lowest BCUT2D eigenvalue weighted by atomic mass is 9.98. The van der Waals surface area contributed by atoms with Crippen molar-refractivity contribution in [3.63, 3.8) is 0 Å². The molecule has 3 aromatic rings. The first kappa shape index (κ1) is 20.4. The molecule has 1 amide bonds. The zero-order valence-corrected chi connectivity index (χ0v) is 17.1. The molecule has 0 spiro atoms. The van der Waals surface area contributed by atoms with Crippen molar-refractivity contribution in [2.45, 2.75) is 19.5 Å². The molecule has 0 atom stereocenters. The minimum atomic E-state index is -1.26. The van der Waals surface area contributed by atoms with Crippen LogP contribution in [0.15, 0.2) is 41.2 Å². The SMILES string of the molecule is COc1cc2c(cc1OC)CN(C(=O)Cn1nc(C(=O)O)c3ccccc3c1=O)CC2. The van der Waals surface area contributed by atoms with Crippen LogP contribution >= 0.6 is 0 Å². The van der Waals surface area contributed by atoms with Gasteiger partial charge in [-0.1, -0.05) is 18.2 Å². The predicted octanol–water partition coefficient (Wildman–Crippen LogP) is 1.70. The van der Waals surface area contributed by atoms with Crippen LogP contribution in [-0.4, -0.2) is 52.4 Å². The second-order valence-corrected chi connectivity index (χ2v) is 7.20. The number of fused-ring (bicyclic) bond motifs is 2. The number of aromatic nitrogens is 2. The quantitative estimate of drug-likeness (QED) is 0.665. The topological polar surface area (TPSA) is 111 Å². The second-order valence-electron chi connectivity index (χ2n) is 7.20. The van der Waals surface area contributed by atoms with E-state index in [4.69, 9.17) is 9.47 Å². The van der Waals surface area contributed by atoms with Crippen LogP contribution in [-0.2, 0) is 24.3 Å². The van der Waals surface area contributed by atoms with E-state index in [9.17, 15) is 19.5 Å². The maximum atomic E-state index is 12.9. The van der Waals surface area contributed by atoms with E-state index in [1.165, 1.54) is 12.1 Å². The van der Waals surface area contributed by atoms with Gasteiger partial charge in [0.05, 0.1) is 19.6 Å². The summed E-state index contributed by atoms with van der Waals surface area (Å²) < 4.78 is 11.6. The number of hydrogen-bond donors (Lipinski definition) is 1. The molecule has 160 valence electrons. The van der Waals surface area contributed by atoms with Crippen molar-refractivity contribution in [2.24, 2.45) is 0 Å². The van der Waals surface area contributed by atoms with E-state index in [1.807, 2.05) is 12.1 Å². The van der Waals surface area contributed by atoms with Gasteiger partial charge in [-0.15, -0.1) is 0 Å². The standard InChI is InChI=1S/C22H21N3O6/c1-30-17-9-13-7-8-24(11-14(13)10-18(17)31-2)19(26)12-25-21(27)16-6-4-3-5-15(16)20(23-25)22(28)29/h3-6,9-10H,7-8,11-12H2,1-2H3,(H,28,29). The van der Waals surface area contributed by atoms with Gasteiger partial charge in [-0.25, -0.2) is 9.48 Å². The second kappa shape index (κ2) is 8.10. The molecule has 1 aromatic heterocycles. The molecule has 0 bridgehead atoms. The Morgan fingerprint density at radius 2 is 1.71 bits per heavy atom. The lowest BCUT2D eigenvalue weighted by Crippen LogP contribution is -2.40. The van der Waals surface area contributed by atoms with Gasteiger partial charge >= 0.3 is 5.97 Å². The molecular weight excluding hydrogens is 402 g/mol. The summed E-state index contributed by atoms with van der Waals surface area (Å²) in [6.07, 6.45) is 0.627. The van der Waals surface area contributed by atoms with E-state index < -0.39 is 11.5 Å². The van der Waals surface area contributed by atoms with Gasteiger partial charge in [0.25, 0.3) is 5.56 Å².